The van der Waals surface area contributed by atoms with Gasteiger partial charge in [-0.1, -0.05) is 41.9 Å². The van der Waals surface area contributed by atoms with Gasteiger partial charge in [-0.05, 0) is 42.8 Å². The molecule has 0 aromatic heterocycles. The number of rotatable bonds is 6. The van der Waals surface area contributed by atoms with Crippen LogP contribution in [0.3, 0.4) is 0 Å². The molecule has 2 N–H and O–H groups in total. The Morgan fingerprint density at radius 2 is 1.82 bits per heavy atom. The summed E-state index contributed by atoms with van der Waals surface area (Å²) in [6.45, 7) is 2.26. The highest BCUT2D eigenvalue weighted by Crippen LogP contribution is 2.20. The molecule has 28 heavy (non-hydrogen) atoms. The minimum absolute atomic E-state index is 0.294. The molecule has 0 aliphatic heterocycles. The minimum Gasteiger partial charge on any atom is -0.322 e. The Hall–Kier alpha value is -2.76. The quantitative estimate of drug-likeness (QED) is 0.555. The third-order valence-electron chi connectivity index (χ3n) is 4.34. The SMILES string of the molecule is C[C@@H](NCc1cccc(NC(=O)c2ccccc2Cl)c1)c1ccc(F)cc1F. The van der Waals surface area contributed by atoms with Crippen LogP contribution in [0.1, 0.15) is 34.5 Å². The lowest BCUT2D eigenvalue weighted by molar-refractivity contribution is 0.102. The molecular weight excluding hydrogens is 382 g/mol. The van der Waals surface area contributed by atoms with E-state index in [1.807, 2.05) is 18.2 Å². The second-order valence-corrected chi connectivity index (χ2v) is 6.81. The highest BCUT2D eigenvalue weighted by molar-refractivity contribution is 6.34. The lowest BCUT2D eigenvalue weighted by atomic mass is 10.1. The van der Waals surface area contributed by atoms with Crippen molar-refractivity contribution in [1.82, 2.24) is 5.32 Å². The van der Waals surface area contributed by atoms with Crippen LogP contribution in [0, 0.1) is 11.6 Å². The van der Waals surface area contributed by atoms with Crippen LogP contribution in [-0.2, 0) is 6.54 Å². The number of anilines is 1. The molecular formula is C22H19ClF2N2O. The summed E-state index contributed by atoms with van der Waals surface area (Å²) in [5.41, 5.74) is 2.33. The molecule has 144 valence electrons. The first-order valence-electron chi connectivity index (χ1n) is 8.77. The number of carbonyl (C=O) groups is 1. The Labute approximate surface area is 167 Å². The number of amides is 1. The van der Waals surface area contributed by atoms with Gasteiger partial charge in [0.25, 0.3) is 5.91 Å². The smallest absolute Gasteiger partial charge is 0.257 e. The zero-order valence-corrected chi connectivity index (χ0v) is 15.9. The average molecular weight is 401 g/mol. The van der Waals surface area contributed by atoms with E-state index in [0.29, 0.717) is 28.4 Å². The normalized spacial score (nSPS) is 11.9. The maximum absolute atomic E-state index is 13.9. The van der Waals surface area contributed by atoms with E-state index in [1.54, 1.807) is 37.3 Å². The van der Waals surface area contributed by atoms with Gasteiger partial charge in [0.05, 0.1) is 10.6 Å². The number of hydrogen-bond acceptors (Lipinski definition) is 2. The van der Waals surface area contributed by atoms with Crippen LogP contribution in [0.25, 0.3) is 0 Å². The second kappa shape index (κ2) is 8.95. The molecule has 6 heteroatoms. The van der Waals surface area contributed by atoms with Gasteiger partial charge >= 0.3 is 0 Å². The van der Waals surface area contributed by atoms with Crippen molar-refractivity contribution in [2.45, 2.75) is 19.5 Å². The van der Waals surface area contributed by atoms with Crippen molar-refractivity contribution in [1.29, 1.82) is 0 Å². The predicted octanol–water partition coefficient (Wildman–Crippen LogP) is 5.72. The monoisotopic (exact) mass is 400 g/mol. The highest BCUT2D eigenvalue weighted by Gasteiger charge is 2.12. The largest absolute Gasteiger partial charge is 0.322 e. The Bertz CT molecular complexity index is 994. The predicted molar refractivity (Wildman–Crippen MR) is 107 cm³/mol. The number of hydrogen-bond donors (Lipinski definition) is 2. The summed E-state index contributed by atoms with van der Waals surface area (Å²) in [5.74, 6) is -1.48. The summed E-state index contributed by atoms with van der Waals surface area (Å²) in [4.78, 5) is 12.4. The standard InChI is InChI=1S/C22H19ClF2N2O/c1-14(18-10-9-16(24)12-21(18)25)26-13-15-5-4-6-17(11-15)27-22(28)19-7-2-3-8-20(19)23/h2-12,14,26H,13H2,1H3,(H,27,28)/t14-/m1/s1. The Morgan fingerprint density at radius 3 is 2.57 bits per heavy atom. The minimum atomic E-state index is -0.601. The molecule has 0 bridgehead atoms. The lowest BCUT2D eigenvalue weighted by Crippen LogP contribution is -2.19. The first kappa shape index (κ1) is 20.0. The van der Waals surface area contributed by atoms with E-state index in [2.05, 4.69) is 10.6 Å². The fourth-order valence-electron chi connectivity index (χ4n) is 2.84. The molecule has 0 unspecified atom stereocenters. The Kier molecular flexibility index (Phi) is 6.39. The van der Waals surface area contributed by atoms with Crippen molar-refractivity contribution < 1.29 is 13.6 Å². The van der Waals surface area contributed by atoms with Crippen molar-refractivity contribution in [2.75, 3.05) is 5.32 Å². The van der Waals surface area contributed by atoms with E-state index >= 15 is 0 Å². The number of carbonyl (C=O) groups excluding carboxylic acids is 1. The van der Waals surface area contributed by atoms with Crippen LogP contribution in [-0.4, -0.2) is 5.91 Å². The third kappa shape index (κ3) is 4.94. The number of halogens is 3. The maximum Gasteiger partial charge on any atom is 0.257 e. The summed E-state index contributed by atoms with van der Waals surface area (Å²) in [7, 11) is 0. The molecule has 0 fully saturated rings. The van der Waals surface area contributed by atoms with Gasteiger partial charge in [-0.15, -0.1) is 0 Å². The maximum atomic E-state index is 13.9. The van der Waals surface area contributed by atoms with Crippen molar-refractivity contribution in [3.63, 3.8) is 0 Å². The fourth-order valence-corrected chi connectivity index (χ4v) is 3.06. The second-order valence-electron chi connectivity index (χ2n) is 6.40. The van der Waals surface area contributed by atoms with Gasteiger partial charge in [-0.3, -0.25) is 4.79 Å². The van der Waals surface area contributed by atoms with Gasteiger partial charge in [-0.25, -0.2) is 8.78 Å². The molecule has 0 radical (unpaired) electrons. The first-order valence-corrected chi connectivity index (χ1v) is 9.15. The molecule has 3 nitrogen and oxygen atoms in total. The van der Waals surface area contributed by atoms with Gasteiger partial charge in [0.2, 0.25) is 0 Å². The summed E-state index contributed by atoms with van der Waals surface area (Å²) < 4.78 is 26.9. The Balaban J connectivity index is 1.65. The van der Waals surface area contributed by atoms with Crippen LogP contribution in [0.15, 0.2) is 66.7 Å². The average Bonchev–Trinajstić information content (AvgIpc) is 2.66. The van der Waals surface area contributed by atoms with Gasteiger partial charge in [0, 0.05) is 29.9 Å². The van der Waals surface area contributed by atoms with Crippen molar-refractivity contribution >= 4 is 23.2 Å². The molecule has 1 atom stereocenters. The number of benzene rings is 3. The molecule has 1 amide bonds. The van der Waals surface area contributed by atoms with Gasteiger partial charge in [-0.2, -0.15) is 0 Å². The van der Waals surface area contributed by atoms with E-state index in [-0.39, 0.29) is 11.9 Å². The summed E-state index contributed by atoms with van der Waals surface area (Å²) in [6.07, 6.45) is 0. The summed E-state index contributed by atoms with van der Waals surface area (Å²) in [5, 5.41) is 6.40. The van der Waals surface area contributed by atoms with Crippen LogP contribution in [0.5, 0.6) is 0 Å². The molecule has 3 aromatic carbocycles. The fraction of sp³-hybridized carbons (Fsp3) is 0.136. The van der Waals surface area contributed by atoms with Crippen LogP contribution in [0.2, 0.25) is 5.02 Å². The number of nitrogens with one attached hydrogen (secondary N) is 2. The zero-order chi connectivity index (χ0) is 20.1. The molecule has 0 heterocycles. The zero-order valence-electron chi connectivity index (χ0n) is 15.2. The van der Waals surface area contributed by atoms with E-state index in [9.17, 15) is 13.6 Å². The van der Waals surface area contributed by atoms with Crippen molar-refractivity contribution in [3.05, 3.63) is 100 Å². The van der Waals surface area contributed by atoms with E-state index in [1.165, 1.54) is 12.1 Å². The molecule has 0 saturated carbocycles. The molecule has 0 saturated heterocycles. The van der Waals surface area contributed by atoms with Crippen molar-refractivity contribution in [3.8, 4) is 0 Å². The van der Waals surface area contributed by atoms with E-state index < -0.39 is 11.6 Å². The highest BCUT2D eigenvalue weighted by atomic mass is 35.5. The van der Waals surface area contributed by atoms with Crippen LogP contribution < -0.4 is 10.6 Å². The van der Waals surface area contributed by atoms with E-state index in [0.717, 1.165) is 11.6 Å². The van der Waals surface area contributed by atoms with Gasteiger partial charge in [0.1, 0.15) is 11.6 Å². The summed E-state index contributed by atoms with van der Waals surface area (Å²) >= 11 is 6.06. The van der Waals surface area contributed by atoms with Crippen LogP contribution in [0.4, 0.5) is 14.5 Å². The Morgan fingerprint density at radius 1 is 1.04 bits per heavy atom. The van der Waals surface area contributed by atoms with Gasteiger partial charge < -0.3 is 10.6 Å². The lowest BCUT2D eigenvalue weighted by Gasteiger charge is -2.16. The van der Waals surface area contributed by atoms with E-state index in [4.69, 9.17) is 11.6 Å². The topological polar surface area (TPSA) is 41.1 Å². The first-order chi connectivity index (χ1) is 13.4. The molecule has 3 aromatic rings. The molecule has 0 spiro atoms. The van der Waals surface area contributed by atoms with Gasteiger partial charge in [0.15, 0.2) is 0 Å². The third-order valence-corrected chi connectivity index (χ3v) is 4.67. The molecule has 0 aliphatic carbocycles. The molecule has 3 rings (SSSR count). The summed E-state index contributed by atoms with van der Waals surface area (Å²) in [6, 6.07) is 17.4. The van der Waals surface area contributed by atoms with Crippen LogP contribution >= 0.6 is 11.6 Å². The molecule has 0 aliphatic rings. The van der Waals surface area contributed by atoms with Crippen molar-refractivity contribution in [2.24, 2.45) is 0 Å².